The van der Waals surface area contributed by atoms with E-state index in [0.717, 1.165) is 12.5 Å². The second-order valence-electron chi connectivity index (χ2n) is 4.74. The minimum atomic E-state index is -4.82. The smallest absolute Gasteiger partial charge is 0.430 e. The number of carboxylic acid groups (broad SMARTS) is 1. The summed E-state index contributed by atoms with van der Waals surface area (Å²) in [5, 5.41) is 12.2. The van der Waals surface area contributed by atoms with Gasteiger partial charge in [-0.3, -0.25) is 0 Å². The average Bonchev–Trinajstić information content (AvgIpc) is 2.42. The minimum absolute atomic E-state index is 0.0599. The predicted molar refractivity (Wildman–Crippen MR) is 76.3 cm³/mol. The van der Waals surface area contributed by atoms with Crippen LogP contribution in [0.3, 0.4) is 0 Å². The van der Waals surface area contributed by atoms with Crippen molar-refractivity contribution < 1.29 is 27.8 Å². The normalized spacial score (nSPS) is 17.3. The Balaban J connectivity index is 2.46. The van der Waals surface area contributed by atoms with Gasteiger partial charge in [0, 0.05) is 18.2 Å². The molecule has 0 amide bonds. The summed E-state index contributed by atoms with van der Waals surface area (Å²) < 4.78 is 43.7. The van der Waals surface area contributed by atoms with Crippen molar-refractivity contribution in [1.29, 1.82) is 0 Å². The molecule has 0 aromatic heterocycles. The Hall–Kier alpha value is -1.89. The Bertz CT molecular complexity index is 628. The van der Waals surface area contributed by atoms with E-state index in [2.05, 4.69) is 5.32 Å². The molecule has 22 heavy (non-hydrogen) atoms. The summed E-state index contributed by atoms with van der Waals surface area (Å²) in [6.45, 7) is 2.52. The molecule has 2 N–H and O–H groups in total. The van der Waals surface area contributed by atoms with E-state index in [1.165, 1.54) is 12.1 Å². The van der Waals surface area contributed by atoms with Gasteiger partial charge >= 0.3 is 12.1 Å². The zero-order chi connectivity index (χ0) is 16.5. The molecule has 0 bridgehead atoms. The highest BCUT2D eigenvalue weighted by atomic mass is 35.5. The van der Waals surface area contributed by atoms with Gasteiger partial charge in [0.05, 0.1) is 16.3 Å². The number of anilines is 1. The van der Waals surface area contributed by atoms with Crippen molar-refractivity contribution in [3.63, 3.8) is 0 Å². The van der Waals surface area contributed by atoms with Crippen LogP contribution in [0.4, 0.5) is 18.9 Å². The van der Waals surface area contributed by atoms with Crippen LogP contribution < -0.4 is 10.1 Å². The Morgan fingerprint density at radius 1 is 1.45 bits per heavy atom. The van der Waals surface area contributed by atoms with Gasteiger partial charge in [0.1, 0.15) is 5.75 Å². The number of fused-ring (bicyclic) bond motifs is 1. The van der Waals surface area contributed by atoms with E-state index in [1.807, 2.05) is 6.92 Å². The van der Waals surface area contributed by atoms with Crippen molar-refractivity contribution in [2.45, 2.75) is 25.6 Å². The minimum Gasteiger partial charge on any atom is -0.478 e. The standard InChI is InChI=1S/C14H13ClF3NO3/c1-2-3-19-10-6-11-7(5-9(10)15)4-8(13(20)21)12(22-11)14(16,17)18/h4-6,12,19H,2-3H2,1H3,(H,20,21). The monoisotopic (exact) mass is 335 g/mol. The summed E-state index contributed by atoms with van der Waals surface area (Å²) in [6, 6.07) is 2.73. The van der Waals surface area contributed by atoms with E-state index in [0.29, 0.717) is 12.2 Å². The highest BCUT2D eigenvalue weighted by Crippen LogP contribution is 2.40. The molecular weight excluding hydrogens is 323 g/mol. The fourth-order valence-corrected chi connectivity index (χ4v) is 2.27. The van der Waals surface area contributed by atoms with Crippen LogP contribution >= 0.6 is 11.6 Å². The number of benzene rings is 1. The van der Waals surface area contributed by atoms with Crippen LogP contribution in [-0.2, 0) is 4.79 Å². The first-order valence-electron chi connectivity index (χ1n) is 6.49. The molecule has 2 rings (SSSR count). The number of halogens is 4. The first-order chi connectivity index (χ1) is 10.2. The highest BCUT2D eigenvalue weighted by Gasteiger charge is 2.48. The molecule has 4 nitrogen and oxygen atoms in total. The van der Waals surface area contributed by atoms with Crippen molar-refractivity contribution in [3.05, 3.63) is 28.3 Å². The van der Waals surface area contributed by atoms with E-state index in [-0.39, 0.29) is 16.3 Å². The number of aliphatic carboxylic acids is 1. The maximum Gasteiger partial charge on any atom is 0.430 e. The maximum absolute atomic E-state index is 13.0. The van der Waals surface area contributed by atoms with Gasteiger partial charge in [-0.1, -0.05) is 18.5 Å². The van der Waals surface area contributed by atoms with Crippen molar-refractivity contribution in [1.82, 2.24) is 0 Å². The molecular formula is C14H13ClF3NO3. The molecule has 0 saturated heterocycles. The largest absolute Gasteiger partial charge is 0.478 e. The number of rotatable bonds is 4. The zero-order valence-corrected chi connectivity index (χ0v) is 12.3. The lowest BCUT2D eigenvalue weighted by atomic mass is 10.0. The second kappa shape index (κ2) is 6.08. The van der Waals surface area contributed by atoms with Gasteiger partial charge in [0.15, 0.2) is 0 Å². The van der Waals surface area contributed by atoms with Gasteiger partial charge < -0.3 is 15.2 Å². The molecule has 120 valence electrons. The quantitative estimate of drug-likeness (QED) is 0.874. The van der Waals surface area contributed by atoms with E-state index in [9.17, 15) is 18.0 Å². The third-order valence-electron chi connectivity index (χ3n) is 3.05. The summed E-state index contributed by atoms with van der Waals surface area (Å²) in [5.41, 5.74) is -0.231. The lowest BCUT2D eigenvalue weighted by Gasteiger charge is -2.27. The first-order valence-corrected chi connectivity index (χ1v) is 6.87. The maximum atomic E-state index is 13.0. The first kappa shape index (κ1) is 16.5. The molecule has 0 spiro atoms. The van der Waals surface area contributed by atoms with Crippen LogP contribution in [0.5, 0.6) is 5.75 Å². The summed E-state index contributed by atoms with van der Waals surface area (Å²) >= 11 is 6.03. The lowest BCUT2D eigenvalue weighted by Crippen LogP contribution is -2.40. The number of carbonyl (C=O) groups is 1. The van der Waals surface area contributed by atoms with Crippen molar-refractivity contribution >= 4 is 29.3 Å². The number of hydrogen-bond donors (Lipinski definition) is 2. The zero-order valence-electron chi connectivity index (χ0n) is 11.5. The predicted octanol–water partition coefficient (Wildman–Crippen LogP) is 3.95. The topological polar surface area (TPSA) is 58.6 Å². The molecule has 1 atom stereocenters. The molecule has 1 heterocycles. The number of nitrogens with one attached hydrogen (secondary N) is 1. The van der Waals surface area contributed by atoms with Gasteiger partial charge in [-0.15, -0.1) is 0 Å². The summed E-state index contributed by atoms with van der Waals surface area (Å²) in [6.07, 6.45) is -5.58. The van der Waals surface area contributed by atoms with Gasteiger partial charge in [-0.05, 0) is 18.6 Å². The molecule has 8 heteroatoms. The average molecular weight is 336 g/mol. The second-order valence-corrected chi connectivity index (χ2v) is 5.15. The van der Waals surface area contributed by atoms with Crippen LogP contribution in [-0.4, -0.2) is 29.9 Å². The highest BCUT2D eigenvalue weighted by molar-refractivity contribution is 6.33. The summed E-state index contributed by atoms with van der Waals surface area (Å²) in [7, 11) is 0. The van der Waals surface area contributed by atoms with Crippen LogP contribution in [0.2, 0.25) is 5.02 Å². The van der Waals surface area contributed by atoms with Crippen LogP contribution in [0, 0.1) is 0 Å². The molecule has 1 unspecified atom stereocenters. The van der Waals surface area contributed by atoms with Crippen molar-refractivity contribution in [2.75, 3.05) is 11.9 Å². The Morgan fingerprint density at radius 3 is 2.68 bits per heavy atom. The van der Waals surface area contributed by atoms with Crippen LogP contribution in [0.15, 0.2) is 17.7 Å². The molecule has 0 saturated carbocycles. The van der Waals surface area contributed by atoms with Gasteiger partial charge in [0.25, 0.3) is 0 Å². The van der Waals surface area contributed by atoms with Gasteiger partial charge in [-0.2, -0.15) is 13.2 Å². The van der Waals surface area contributed by atoms with Crippen LogP contribution in [0.25, 0.3) is 6.08 Å². The van der Waals surface area contributed by atoms with E-state index >= 15 is 0 Å². The van der Waals surface area contributed by atoms with E-state index in [1.54, 1.807) is 0 Å². The van der Waals surface area contributed by atoms with Gasteiger partial charge in [-0.25, -0.2) is 4.79 Å². The third kappa shape index (κ3) is 3.30. The molecule has 1 aromatic rings. The number of carboxylic acids is 1. The van der Waals surface area contributed by atoms with Crippen LogP contribution in [0.1, 0.15) is 18.9 Å². The fourth-order valence-electron chi connectivity index (χ4n) is 2.03. The van der Waals surface area contributed by atoms with E-state index < -0.39 is 23.8 Å². The Labute approximate surface area is 129 Å². The Kier molecular flexibility index (Phi) is 4.55. The molecule has 0 fully saturated rings. The number of alkyl halides is 3. The molecule has 1 aliphatic heterocycles. The number of ether oxygens (including phenoxy) is 1. The molecule has 1 aromatic carbocycles. The fraction of sp³-hybridized carbons (Fsp3) is 0.357. The van der Waals surface area contributed by atoms with Gasteiger partial charge in [0.2, 0.25) is 6.10 Å². The van der Waals surface area contributed by atoms with E-state index in [4.69, 9.17) is 21.4 Å². The Morgan fingerprint density at radius 2 is 2.14 bits per heavy atom. The molecule has 1 aliphatic rings. The molecule has 0 radical (unpaired) electrons. The lowest BCUT2D eigenvalue weighted by molar-refractivity contribution is -0.187. The SMILES string of the molecule is CCCNc1cc2c(cc1Cl)C=C(C(=O)O)C(C(F)(F)F)O2. The molecule has 0 aliphatic carbocycles. The summed E-state index contributed by atoms with van der Waals surface area (Å²) in [5.74, 6) is -1.74. The summed E-state index contributed by atoms with van der Waals surface area (Å²) in [4.78, 5) is 11.0. The van der Waals surface area contributed by atoms with Crippen molar-refractivity contribution in [3.8, 4) is 5.75 Å². The number of hydrogen-bond acceptors (Lipinski definition) is 3. The third-order valence-corrected chi connectivity index (χ3v) is 3.36. The van der Waals surface area contributed by atoms with Crippen molar-refractivity contribution in [2.24, 2.45) is 0 Å².